The molecule has 0 aliphatic rings. The Morgan fingerprint density at radius 3 is 2.55 bits per heavy atom. The van der Waals surface area contributed by atoms with Gasteiger partial charge in [-0.25, -0.2) is 0 Å². The van der Waals surface area contributed by atoms with Gasteiger partial charge in [0.2, 0.25) is 0 Å². The third kappa shape index (κ3) is 3.81. The van der Waals surface area contributed by atoms with E-state index in [-0.39, 0.29) is 5.91 Å². The van der Waals surface area contributed by atoms with Gasteiger partial charge in [-0.05, 0) is 63.0 Å². The number of methoxy groups -OCH3 is 1. The summed E-state index contributed by atoms with van der Waals surface area (Å²) in [5, 5.41) is 2.86. The molecule has 0 radical (unpaired) electrons. The monoisotopic (exact) mass is 427 g/mol. The van der Waals surface area contributed by atoms with E-state index in [4.69, 9.17) is 9.47 Å². The van der Waals surface area contributed by atoms with Gasteiger partial charge < -0.3 is 14.8 Å². The minimum Gasteiger partial charge on any atom is -0.492 e. The molecule has 6 heteroatoms. The van der Waals surface area contributed by atoms with Crippen molar-refractivity contribution >= 4 is 43.5 Å². The number of benzene rings is 2. The number of carbonyl (C=O) groups is 1. The van der Waals surface area contributed by atoms with Gasteiger partial charge in [-0.2, -0.15) is 0 Å². The zero-order valence-electron chi connectivity index (χ0n) is 12.2. The molecule has 2 aromatic carbocycles. The number of rotatable bonds is 5. The van der Waals surface area contributed by atoms with Crippen LogP contribution in [0.15, 0.2) is 45.3 Å². The number of carbonyl (C=O) groups excluding carboxylic acids is 1. The second-order valence-electron chi connectivity index (χ2n) is 4.36. The van der Waals surface area contributed by atoms with Crippen LogP contribution in [0.5, 0.6) is 11.5 Å². The van der Waals surface area contributed by atoms with Crippen molar-refractivity contribution in [2.75, 3.05) is 19.0 Å². The summed E-state index contributed by atoms with van der Waals surface area (Å²) in [4.78, 5) is 12.4. The minimum absolute atomic E-state index is 0.226. The fourth-order valence-corrected chi connectivity index (χ4v) is 2.90. The van der Waals surface area contributed by atoms with Crippen LogP contribution in [0.1, 0.15) is 17.3 Å². The third-order valence-electron chi connectivity index (χ3n) is 2.90. The van der Waals surface area contributed by atoms with Crippen LogP contribution < -0.4 is 14.8 Å². The smallest absolute Gasteiger partial charge is 0.255 e. The Morgan fingerprint density at radius 2 is 1.91 bits per heavy atom. The molecule has 116 valence electrons. The Hall–Kier alpha value is -1.53. The standard InChI is InChI=1S/C16H15Br2NO3/c1-3-22-14-9-10(8-12(18)15(14)21-2)16(20)19-13-7-5-4-6-11(13)17/h4-9H,3H2,1-2H3,(H,19,20). The highest BCUT2D eigenvalue weighted by Crippen LogP contribution is 2.36. The molecule has 0 bridgehead atoms. The lowest BCUT2D eigenvalue weighted by atomic mass is 10.2. The predicted octanol–water partition coefficient (Wildman–Crippen LogP) is 4.87. The van der Waals surface area contributed by atoms with Crippen LogP contribution in [-0.4, -0.2) is 19.6 Å². The van der Waals surface area contributed by atoms with Gasteiger partial charge in [0.05, 0.1) is 23.9 Å². The predicted molar refractivity (Wildman–Crippen MR) is 94.0 cm³/mol. The number of para-hydroxylation sites is 1. The van der Waals surface area contributed by atoms with E-state index in [2.05, 4.69) is 37.2 Å². The Bertz CT molecular complexity index is 689. The zero-order chi connectivity index (χ0) is 16.1. The lowest BCUT2D eigenvalue weighted by Gasteiger charge is -2.13. The molecule has 0 aromatic heterocycles. The van der Waals surface area contributed by atoms with E-state index in [1.54, 1.807) is 19.2 Å². The molecule has 0 aliphatic heterocycles. The highest BCUT2D eigenvalue weighted by molar-refractivity contribution is 9.11. The largest absolute Gasteiger partial charge is 0.492 e. The molecule has 2 aromatic rings. The number of nitrogens with one attached hydrogen (secondary N) is 1. The molecule has 0 fully saturated rings. The highest BCUT2D eigenvalue weighted by atomic mass is 79.9. The Balaban J connectivity index is 2.32. The summed E-state index contributed by atoms with van der Waals surface area (Å²) in [5.74, 6) is 0.868. The molecule has 0 saturated carbocycles. The van der Waals surface area contributed by atoms with Crippen LogP contribution in [0.25, 0.3) is 0 Å². The topological polar surface area (TPSA) is 47.6 Å². The zero-order valence-corrected chi connectivity index (χ0v) is 15.3. The van der Waals surface area contributed by atoms with Crippen LogP contribution >= 0.6 is 31.9 Å². The second-order valence-corrected chi connectivity index (χ2v) is 6.07. The summed E-state index contributed by atoms with van der Waals surface area (Å²) in [5.41, 5.74) is 1.18. The number of hydrogen-bond donors (Lipinski definition) is 1. The molecule has 4 nitrogen and oxygen atoms in total. The van der Waals surface area contributed by atoms with Gasteiger partial charge in [-0.15, -0.1) is 0 Å². The SMILES string of the molecule is CCOc1cc(C(=O)Nc2ccccc2Br)cc(Br)c1OC. The van der Waals surface area contributed by atoms with Gasteiger partial charge in [0.25, 0.3) is 5.91 Å². The molecule has 0 spiro atoms. The van der Waals surface area contributed by atoms with Gasteiger partial charge in [0, 0.05) is 10.0 Å². The summed E-state index contributed by atoms with van der Waals surface area (Å²) in [6, 6.07) is 10.8. The molecule has 1 amide bonds. The summed E-state index contributed by atoms with van der Waals surface area (Å²) >= 11 is 6.81. The van der Waals surface area contributed by atoms with Crippen molar-refractivity contribution in [1.29, 1.82) is 0 Å². The first-order valence-corrected chi connectivity index (χ1v) is 8.21. The van der Waals surface area contributed by atoms with E-state index in [9.17, 15) is 4.79 Å². The number of anilines is 1. The molecule has 1 N–H and O–H groups in total. The maximum Gasteiger partial charge on any atom is 0.255 e. The Kier molecular flexibility index (Phi) is 5.85. The molecule has 0 unspecified atom stereocenters. The van der Waals surface area contributed by atoms with Crippen LogP contribution in [0.3, 0.4) is 0 Å². The van der Waals surface area contributed by atoms with E-state index in [0.29, 0.717) is 33.8 Å². The lowest BCUT2D eigenvalue weighted by molar-refractivity contribution is 0.102. The molecule has 22 heavy (non-hydrogen) atoms. The average molecular weight is 429 g/mol. The molecular weight excluding hydrogens is 414 g/mol. The number of ether oxygens (including phenoxy) is 2. The second kappa shape index (κ2) is 7.65. The van der Waals surface area contributed by atoms with Crippen molar-refractivity contribution in [2.24, 2.45) is 0 Å². The maximum atomic E-state index is 12.4. The lowest BCUT2D eigenvalue weighted by Crippen LogP contribution is -2.13. The van der Waals surface area contributed by atoms with Gasteiger partial charge in [0.15, 0.2) is 11.5 Å². The van der Waals surface area contributed by atoms with Crippen molar-refractivity contribution in [3.8, 4) is 11.5 Å². The Morgan fingerprint density at radius 1 is 1.18 bits per heavy atom. The molecule has 2 rings (SSSR count). The Labute approximate surface area is 146 Å². The van der Waals surface area contributed by atoms with Crippen molar-refractivity contribution in [3.05, 3.63) is 50.9 Å². The van der Waals surface area contributed by atoms with Crippen molar-refractivity contribution in [1.82, 2.24) is 0 Å². The van der Waals surface area contributed by atoms with Crippen molar-refractivity contribution in [2.45, 2.75) is 6.92 Å². The number of hydrogen-bond acceptors (Lipinski definition) is 3. The van der Waals surface area contributed by atoms with Crippen molar-refractivity contribution < 1.29 is 14.3 Å². The van der Waals surface area contributed by atoms with Gasteiger partial charge in [-0.3, -0.25) is 4.79 Å². The minimum atomic E-state index is -0.226. The van der Waals surface area contributed by atoms with E-state index in [1.165, 1.54) is 0 Å². The normalized spacial score (nSPS) is 10.2. The fourth-order valence-electron chi connectivity index (χ4n) is 1.92. The van der Waals surface area contributed by atoms with E-state index in [0.717, 1.165) is 4.47 Å². The fraction of sp³-hybridized carbons (Fsp3) is 0.188. The van der Waals surface area contributed by atoms with Gasteiger partial charge in [0.1, 0.15) is 0 Å². The first-order valence-electron chi connectivity index (χ1n) is 6.63. The van der Waals surface area contributed by atoms with Gasteiger partial charge in [-0.1, -0.05) is 12.1 Å². The molecular formula is C16H15Br2NO3. The summed E-state index contributed by atoms with van der Waals surface area (Å²) in [6.07, 6.45) is 0. The number of halogens is 2. The summed E-state index contributed by atoms with van der Waals surface area (Å²) < 4.78 is 12.3. The first kappa shape index (κ1) is 16.8. The van der Waals surface area contributed by atoms with E-state index < -0.39 is 0 Å². The molecule has 0 heterocycles. The first-order chi connectivity index (χ1) is 10.6. The van der Waals surface area contributed by atoms with Gasteiger partial charge >= 0.3 is 0 Å². The van der Waals surface area contributed by atoms with Crippen LogP contribution in [0, 0.1) is 0 Å². The van der Waals surface area contributed by atoms with Crippen LogP contribution in [0.2, 0.25) is 0 Å². The number of amides is 1. The maximum absolute atomic E-state index is 12.4. The summed E-state index contributed by atoms with van der Waals surface area (Å²) in [6.45, 7) is 2.36. The quantitative estimate of drug-likeness (QED) is 0.738. The van der Waals surface area contributed by atoms with Crippen molar-refractivity contribution in [3.63, 3.8) is 0 Å². The molecule has 0 aliphatic carbocycles. The van der Waals surface area contributed by atoms with Crippen LogP contribution in [-0.2, 0) is 0 Å². The van der Waals surface area contributed by atoms with E-state index >= 15 is 0 Å². The third-order valence-corrected chi connectivity index (χ3v) is 4.18. The summed E-state index contributed by atoms with van der Waals surface area (Å²) in [7, 11) is 1.56. The average Bonchev–Trinajstić information content (AvgIpc) is 2.49. The molecule has 0 atom stereocenters. The van der Waals surface area contributed by atoms with Crippen LogP contribution in [0.4, 0.5) is 5.69 Å². The molecule has 0 saturated heterocycles. The van der Waals surface area contributed by atoms with E-state index in [1.807, 2.05) is 31.2 Å². The highest BCUT2D eigenvalue weighted by Gasteiger charge is 2.16.